The van der Waals surface area contributed by atoms with Gasteiger partial charge < -0.3 is 20.6 Å². The molecule has 35 heavy (non-hydrogen) atoms. The van der Waals surface area contributed by atoms with Crippen LogP contribution in [-0.4, -0.2) is 46.5 Å². The molecule has 1 saturated heterocycles. The highest BCUT2D eigenvalue weighted by molar-refractivity contribution is 6.00. The van der Waals surface area contributed by atoms with E-state index in [0.29, 0.717) is 18.9 Å². The zero-order valence-electron chi connectivity index (χ0n) is 19.6. The summed E-state index contributed by atoms with van der Waals surface area (Å²) in [6, 6.07) is 7.01. The molecule has 0 radical (unpaired) electrons. The lowest BCUT2D eigenvalue weighted by atomic mass is 9.88. The van der Waals surface area contributed by atoms with E-state index in [4.69, 9.17) is 0 Å². The van der Waals surface area contributed by atoms with Gasteiger partial charge in [-0.3, -0.25) is 14.4 Å². The molecular weight excluding hydrogens is 456 g/mol. The number of hydrogen-bond donors (Lipinski definition) is 3. The summed E-state index contributed by atoms with van der Waals surface area (Å²) in [6.45, 7) is 3.00. The number of benzene rings is 2. The van der Waals surface area contributed by atoms with Gasteiger partial charge in [0.05, 0.1) is 0 Å². The third-order valence-corrected chi connectivity index (χ3v) is 6.74. The number of halogens is 2. The lowest BCUT2D eigenvalue weighted by Gasteiger charge is -2.44. The standard InChI is InChI=1S/C26H29F2N3O4/c1-14(2)9-21-24(33)30-22(17-10-15-5-3-4-6-16(15)11-17)26(35)31(21)23(25(34)29-13-32)19-8-7-18(27)12-20(19)28/h3-8,12,14,17,21-23,32H,9-11,13H2,1-2H3,(H,29,34)(H,30,33). The Hall–Kier alpha value is -3.33. The summed E-state index contributed by atoms with van der Waals surface area (Å²) in [5.74, 6) is -3.90. The lowest BCUT2D eigenvalue weighted by molar-refractivity contribution is -0.158. The van der Waals surface area contributed by atoms with Crippen molar-refractivity contribution in [2.45, 2.75) is 51.2 Å². The first kappa shape index (κ1) is 24.8. The van der Waals surface area contributed by atoms with Crippen LogP contribution >= 0.6 is 0 Å². The molecule has 1 aliphatic heterocycles. The molecule has 0 spiro atoms. The molecule has 4 rings (SSSR count). The highest BCUT2D eigenvalue weighted by atomic mass is 19.1. The molecule has 3 N–H and O–H groups in total. The van der Waals surface area contributed by atoms with Crippen LogP contribution in [-0.2, 0) is 27.2 Å². The molecule has 1 fully saturated rings. The van der Waals surface area contributed by atoms with Gasteiger partial charge >= 0.3 is 0 Å². The van der Waals surface area contributed by atoms with Crippen molar-refractivity contribution >= 4 is 17.7 Å². The van der Waals surface area contributed by atoms with E-state index in [1.807, 2.05) is 38.1 Å². The maximum absolute atomic E-state index is 14.9. The fraction of sp³-hybridized carbons (Fsp3) is 0.423. The molecule has 1 heterocycles. The summed E-state index contributed by atoms with van der Waals surface area (Å²) in [5, 5.41) is 14.4. The lowest BCUT2D eigenvalue weighted by Crippen LogP contribution is -2.67. The second-order valence-electron chi connectivity index (χ2n) is 9.58. The van der Waals surface area contributed by atoms with E-state index in [-0.39, 0.29) is 23.8 Å². The topological polar surface area (TPSA) is 98.7 Å². The van der Waals surface area contributed by atoms with Crippen LogP contribution in [0.15, 0.2) is 42.5 Å². The number of amides is 3. The van der Waals surface area contributed by atoms with E-state index in [0.717, 1.165) is 28.2 Å². The Morgan fingerprint density at radius 2 is 1.80 bits per heavy atom. The minimum Gasteiger partial charge on any atom is -0.376 e. The van der Waals surface area contributed by atoms with Crippen LogP contribution in [0.2, 0.25) is 0 Å². The van der Waals surface area contributed by atoms with Crippen molar-refractivity contribution in [3.8, 4) is 0 Å². The minimum absolute atomic E-state index is 0.0204. The van der Waals surface area contributed by atoms with Crippen molar-refractivity contribution < 1.29 is 28.3 Å². The number of aliphatic hydroxyl groups excluding tert-OH is 1. The molecule has 3 unspecified atom stereocenters. The zero-order chi connectivity index (χ0) is 25.3. The van der Waals surface area contributed by atoms with Crippen LogP contribution < -0.4 is 10.6 Å². The number of nitrogens with zero attached hydrogens (tertiary/aromatic N) is 1. The fourth-order valence-corrected chi connectivity index (χ4v) is 5.19. The van der Waals surface area contributed by atoms with Gasteiger partial charge in [-0.2, -0.15) is 0 Å². The van der Waals surface area contributed by atoms with Gasteiger partial charge in [-0.25, -0.2) is 8.78 Å². The number of carbonyl (C=O) groups is 3. The highest BCUT2D eigenvalue weighted by Gasteiger charge is 2.49. The minimum atomic E-state index is -1.56. The summed E-state index contributed by atoms with van der Waals surface area (Å²) >= 11 is 0. The molecule has 3 atom stereocenters. The van der Waals surface area contributed by atoms with E-state index in [2.05, 4.69) is 10.6 Å². The fourth-order valence-electron chi connectivity index (χ4n) is 5.19. The summed E-state index contributed by atoms with van der Waals surface area (Å²) in [4.78, 5) is 41.6. The van der Waals surface area contributed by atoms with Gasteiger partial charge in [-0.15, -0.1) is 0 Å². The molecule has 2 aliphatic rings. The van der Waals surface area contributed by atoms with Gasteiger partial charge in [0.25, 0.3) is 0 Å². The Labute approximate surface area is 202 Å². The predicted octanol–water partition coefficient (Wildman–Crippen LogP) is 2.23. The number of fused-ring (bicyclic) bond motifs is 1. The zero-order valence-corrected chi connectivity index (χ0v) is 19.6. The van der Waals surface area contributed by atoms with Crippen LogP contribution in [0.25, 0.3) is 0 Å². The Morgan fingerprint density at radius 3 is 2.37 bits per heavy atom. The normalized spacial score (nSPS) is 21.1. The van der Waals surface area contributed by atoms with Crippen molar-refractivity contribution in [3.63, 3.8) is 0 Å². The molecule has 9 heteroatoms. The molecule has 3 amide bonds. The molecule has 186 valence electrons. The number of hydrogen-bond acceptors (Lipinski definition) is 4. The van der Waals surface area contributed by atoms with Crippen molar-refractivity contribution in [2.24, 2.45) is 11.8 Å². The van der Waals surface area contributed by atoms with Gasteiger partial charge in [-0.05, 0) is 48.3 Å². The molecule has 0 aromatic heterocycles. The van der Waals surface area contributed by atoms with E-state index in [9.17, 15) is 28.3 Å². The maximum atomic E-state index is 14.9. The van der Waals surface area contributed by atoms with Crippen molar-refractivity contribution in [2.75, 3.05) is 6.73 Å². The maximum Gasteiger partial charge on any atom is 0.249 e. The SMILES string of the molecule is CC(C)CC1C(=O)NC(C2Cc3ccccc3C2)C(=O)N1C(C(=O)NCO)c1ccc(F)cc1F. The molecular formula is C26H29F2N3O4. The Bertz CT molecular complexity index is 1110. The number of rotatable bonds is 7. The first-order chi connectivity index (χ1) is 16.7. The van der Waals surface area contributed by atoms with Crippen molar-refractivity contribution in [1.29, 1.82) is 0 Å². The van der Waals surface area contributed by atoms with Gasteiger partial charge in [0, 0.05) is 11.6 Å². The molecule has 2 aromatic rings. The number of nitrogens with one attached hydrogen (secondary N) is 2. The number of piperazine rings is 1. The summed E-state index contributed by atoms with van der Waals surface area (Å²) in [7, 11) is 0. The van der Waals surface area contributed by atoms with Crippen LogP contribution in [0.1, 0.15) is 43.0 Å². The summed E-state index contributed by atoms with van der Waals surface area (Å²) in [5.41, 5.74) is 1.94. The summed E-state index contributed by atoms with van der Waals surface area (Å²) in [6.07, 6.45) is 1.39. The van der Waals surface area contributed by atoms with Gasteiger partial charge in [0.2, 0.25) is 17.7 Å². The second-order valence-corrected chi connectivity index (χ2v) is 9.58. The third-order valence-electron chi connectivity index (χ3n) is 6.74. The van der Waals surface area contributed by atoms with Gasteiger partial charge in [0.1, 0.15) is 36.5 Å². The first-order valence-electron chi connectivity index (χ1n) is 11.7. The Balaban J connectivity index is 1.77. The Kier molecular flexibility index (Phi) is 7.16. The van der Waals surface area contributed by atoms with Crippen molar-refractivity contribution in [1.82, 2.24) is 15.5 Å². The second kappa shape index (κ2) is 10.1. The van der Waals surface area contributed by atoms with E-state index in [1.165, 1.54) is 0 Å². The number of aliphatic hydroxyl groups is 1. The predicted molar refractivity (Wildman–Crippen MR) is 124 cm³/mol. The van der Waals surface area contributed by atoms with Crippen molar-refractivity contribution in [3.05, 3.63) is 70.8 Å². The van der Waals surface area contributed by atoms with Gasteiger partial charge in [-0.1, -0.05) is 44.2 Å². The van der Waals surface area contributed by atoms with Gasteiger partial charge in [0.15, 0.2) is 0 Å². The number of carbonyl (C=O) groups excluding carboxylic acids is 3. The molecule has 7 nitrogen and oxygen atoms in total. The molecule has 1 aliphatic carbocycles. The molecule has 0 saturated carbocycles. The molecule has 2 aromatic carbocycles. The van der Waals surface area contributed by atoms with Crippen LogP contribution in [0.5, 0.6) is 0 Å². The first-order valence-corrected chi connectivity index (χ1v) is 11.7. The highest BCUT2D eigenvalue weighted by Crippen LogP contribution is 2.36. The summed E-state index contributed by atoms with van der Waals surface area (Å²) < 4.78 is 28.6. The third kappa shape index (κ3) is 4.91. The quantitative estimate of drug-likeness (QED) is 0.524. The Morgan fingerprint density at radius 1 is 1.14 bits per heavy atom. The van der Waals surface area contributed by atoms with Crippen LogP contribution in [0, 0.1) is 23.5 Å². The average molecular weight is 486 g/mol. The van der Waals surface area contributed by atoms with E-state index in [1.54, 1.807) is 0 Å². The molecule has 0 bridgehead atoms. The van der Waals surface area contributed by atoms with Crippen LogP contribution in [0.3, 0.4) is 0 Å². The smallest absolute Gasteiger partial charge is 0.249 e. The van der Waals surface area contributed by atoms with E-state index < -0.39 is 54.2 Å². The van der Waals surface area contributed by atoms with Crippen LogP contribution in [0.4, 0.5) is 8.78 Å². The van der Waals surface area contributed by atoms with E-state index >= 15 is 0 Å². The average Bonchev–Trinajstić information content (AvgIpc) is 3.23. The largest absolute Gasteiger partial charge is 0.376 e. The monoisotopic (exact) mass is 485 g/mol.